The molecule has 1 aliphatic rings. The third-order valence-electron chi connectivity index (χ3n) is 1.94. The van der Waals surface area contributed by atoms with Crippen LogP contribution < -0.4 is 0 Å². The Morgan fingerprint density at radius 3 is 2.90 bits per heavy atom. The Morgan fingerprint density at radius 2 is 2.40 bits per heavy atom. The van der Waals surface area contributed by atoms with Gasteiger partial charge in [0, 0.05) is 13.3 Å². The van der Waals surface area contributed by atoms with Gasteiger partial charge in [0.2, 0.25) is 0 Å². The molecule has 0 spiro atoms. The number of nitrogens with zero attached hydrogens (tertiary/aromatic N) is 1. The summed E-state index contributed by atoms with van der Waals surface area (Å²) in [5.74, 6) is 0. The van der Waals surface area contributed by atoms with Crippen LogP contribution in [0.3, 0.4) is 0 Å². The molecule has 0 fully saturated rings. The maximum Gasteiger partial charge on any atom is 0.165 e. The summed E-state index contributed by atoms with van der Waals surface area (Å²) in [6.45, 7) is 5.64. The van der Waals surface area contributed by atoms with Gasteiger partial charge in [0.05, 0.1) is 6.42 Å². The smallest absolute Gasteiger partial charge is 0.165 e. The Kier molecular flexibility index (Phi) is 2.67. The summed E-state index contributed by atoms with van der Waals surface area (Å²) in [5.41, 5.74) is 1.49. The monoisotopic (exact) mass is 138 g/mol. The summed E-state index contributed by atoms with van der Waals surface area (Å²) in [7, 11) is 0. The van der Waals surface area contributed by atoms with Gasteiger partial charge in [0.25, 0.3) is 0 Å². The van der Waals surface area contributed by atoms with Crippen LogP contribution in [0.15, 0.2) is 12.3 Å². The zero-order valence-corrected chi connectivity index (χ0v) is 6.93. The zero-order chi connectivity index (χ0) is 7.40. The molecule has 1 nitrogen and oxygen atoms in total. The van der Waals surface area contributed by atoms with E-state index in [9.17, 15) is 0 Å². The maximum absolute atomic E-state index is 2.35. The van der Waals surface area contributed by atoms with Crippen LogP contribution in [-0.4, -0.2) is 16.8 Å². The second-order valence-corrected chi connectivity index (χ2v) is 2.87. The number of unbranched alkanes of at least 4 members (excludes halogenated alkanes) is 1. The van der Waals surface area contributed by atoms with Gasteiger partial charge in [-0.2, -0.15) is 0 Å². The van der Waals surface area contributed by atoms with Crippen LogP contribution in [0, 0.1) is 0 Å². The van der Waals surface area contributed by atoms with Gasteiger partial charge in [-0.3, -0.25) is 0 Å². The predicted molar refractivity (Wildman–Crippen MR) is 44.5 cm³/mol. The van der Waals surface area contributed by atoms with Gasteiger partial charge in [-0.1, -0.05) is 13.3 Å². The van der Waals surface area contributed by atoms with E-state index in [0.717, 1.165) is 6.42 Å². The summed E-state index contributed by atoms with van der Waals surface area (Å²) in [5, 5.41) is 0. The van der Waals surface area contributed by atoms with Crippen LogP contribution >= 0.6 is 0 Å². The number of hydrogen-bond donors (Lipinski definition) is 0. The van der Waals surface area contributed by atoms with Crippen LogP contribution in [0.2, 0.25) is 0 Å². The van der Waals surface area contributed by atoms with Gasteiger partial charge in [0.15, 0.2) is 11.9 Å². The first-order chi connectivity index (χ1) is 4.84. The first kappa shape index (κ1) is 7.52. The summed E-state index contributed by atoms with van der Waals surface area (Å²) >= 11 is 0. The van der Waals surface area contributed by atoms with Crippen LogP contribution in [-0.2, 0) is 0 Å². The van der Waals surface area contributed by atoms with Crippen LogP contribution in [0.1, 0.15) is 33.1 Å². The first-order valence-corrected chi connectivity index (χ1v) is 4.10. The summed E-state index contributed by atoms with van der Waals surface area (Å²) < 4.78 is 2.35. The van der Waals surface area contributed by atoms with Crippen molar-refractivity contribution in [2.75, 3.05) is 6.54 Å². The second-order valence-electron chi connectivity index (χ2n) is 2.87. The van der Waals surface area contributed by atoms with Crippen LogP contribution in [0.4, 0.5) is 0 Å². The van der Waals surface area contributed by atoms with Gasteiger partial charge >= 0.3 is 0 Å². The Bertz CT molecular complexity index is 166. The molecule has 0 bridgehead atoms. The minimum absolute atomic E-state index is 1.16. The minimum atomic E-state index is 1.16. The predicted octanol–water partition coefficient (Wildman–Crippen LogP) is 2.18. The highest BCUT2D eigenvalue weighted by molar-refractivity contribution is 5.79. The van der Waals surface area contributed by atoms with Crippen molar-refractivity contribution >= 4 is 5.71 Å². The number of allylic oxidation sites excluding steroid dienone is 1. The van der Waals surface area contributed by atoms with E-state index in [1.54, 1.807) is 0 Å². The number of rotatable bonds is 3. The van der Waals surface area contributed by atoms with Gasteiger partial charge in [0.1, 0.15) is 6.54 Å². The minimum Gasteiger partial charge on any atom is -0.206 e. The molecular formula is C9H16N+. The van der Waals surface area contributed by atoms with Gasteiger partial charge in [-0.25, -0.2) is 4.58 Å². The van der Waals surface area contributed by atoms with Crippen molar-refractivity contribution < 1.29 is 4.58 Å². The molecule has 0 N–H and O–H groups in total. The fourth-order valence-electron chi connectivity index (χ4n) is 1.19. The van der Waals surface area contributed by atoms with E-state index in [-0.39, 0.29) is 0 Å². The lowest BCUT2D eigenvalue weighted by Gasteiger charge is -1.94. The van der Waals surface area contributed by atoms with E-state index in [0.29, 0.717) is 0 Å². The molecule has 0 saturated heterocycles. The maximum atomic E-state index is 2.35. The number of hydrogen-bond acceptors (Lipinski definition) is 0. The van der Waals surface area contributed by atoms with Crippen molar-refractivity contribution in [1.29, 1.82) is 0 Å². The van der Waals surface area contributed by atoms with Gasteiger partial charge in [-0.15, -0.1) is 0 Å². The topological polar surface area (TPSA) is 3.01 Å². The van der Waals surface area contributed by atoms with Crippen LogP contribution in [0.5, 0.6) is 0 Å². The lowest BCUT2D eigenvalue weighted by atomic mass is 10.3. The molecule has 1 rings (SSSR count). The Hall–Kier alpha value is -0.590. The normalized spacial score (nSPS) is 17.0. The highest BCUT2D eigenvalue weighted by Crippen LogP contribution is 2.01. The highest BCUT2D eigenvalue weighted by atomic mass is 15.0. The molecule has 0 aromatic carbocycles. The second kappa shape index (κ2) is 3.55. The van der Waals surface area contributed by atoms with Crippen molar-refractivity contribution in [3.05, 3.63) is 12.3 Å². The van der Waals surface area contributed by atoms with Gasteiger partial charge in [-0.05, 0) is 6.08 Å². The SMILES string of the molecule is CCCC[N+]1=C(C)CC=C1. The summed E-state index contributed by atoms with van der Waals surface area (Å²) in [6, 6.07) is 0. The fourth-order valence-corrected chi connectivity index (χ4v) is 1.19. The molecular weight excluding hydrogens is 122 g/mol. The van der Waals surface area contributed by atoms with E-state index in [1.807, 2.05) is 0 Å². The molecule has 10 heavy (non-hydrogen) atoms. The van der Waals surface area contributed by atoms with Crippen molar-refractivity contribution in [2.45, 2.75) is 33.1 Å². The van der Waals surface area contributed by atoms with Crippen LogP contribution in [0.25, 0.3) is 0 Å². The average molecular weight is 138 g/mol. The Labute approximate surface area is 63.1 Å². The summed E-state index contributed by atoms with van der Waals surface area (Å²) in [6.07, 6.45) is 8.18. The van der Waals surface area contributed by atoms with E-state index in [2.05, 4.69) is 30.7 Å². The molecule has 0 saturated carbocycles. The van der Waals surface area contributed by atoms with Crippen molar-refractivity contribution in [3.8, 4) is 0 Å². The lowest BCUT2D eigenvalue weighted by Crippen LogP contribution is -2.09. The lowest BCUT2D eigenvalue weighted by molar-refractivity contribution is -0.455. The first-order valence-electron chi connectivity index (χ1n) is 4.10. The molecule has 0 aromatic rings. The quantitative estimate of drug-likeness (QED) is 0.526. The third kappa shape index (κ3) is 1.69. The highest BCUT2D eigenvalue weighted by Gasteiger charge is 2.10. The van der Waals surface area contributed by atoms with Crippen molar-refractivity contribution in [1.82, 2.24) is 0 Å². The molecule has 56 valence electrons. The summed E-state index contributed by atoms with van der Waals surface area (Å²) in [4.78, 5) is 0. The molecule has 0 aromatic heterocycles. The zero-order valence-electron chi connectivity index (χ0n) is 6.93. The molecule has 1 heterocycles. The van der Waals surface area contributed by atoms with E-state index >= 15 is 0 Å². The molecule has 1 heteroatoms. The standard InChI is InChI=1S/C9H16N/c1-3-4-7-10-8-5-6-9(10)2/h5,8H,3-4,6-7H2,1-2H3/q+1. The van der Waals surface area contributed by atoms with Crippen molar-refractivity contribution in [3.63, 3.8) is 0 Å². The average Bonchev–Trinajstić information content (AvgIpc) is 2.31. The van der Waals surface area contributed by atoms with E-state index in [4.69, 9.17) is 0 Å². The molecule has 0 atom stereocenters. The molecule has 0 unspecified atom stereocenters. The molecule has 0 aliphatic carbocycles. The van der Waals surface area contributed by atoms with E-state index in [1.165, 1.54) is 25.1 Å². The Morgan fingerprint density at radius 1 is 1.60 bits per heavy atom. The molecule has 1 aliphatic heterocycles. The van der Waals surface area contributed by atoms with Gasteiger partial charge < -0.3 is 0 Å². The van der Waals surface area contributed by atoms with E-state index < -0.39 is 0 Å². The fraction of sp³-hybridized carbons (Fsp3) is 0.667. The molecule has 0 radical (unpaired) electrons. The molecule has 0 amide bonds. The third-order valence-corrected chi connectivity index (χ3v) is 1.94. The Balaban J connectivity index is 2.38. The largest absolute Gasteiger partial charge is 0.206 e. The van der Waals surface area contributed by atoms with Crippen molar-refractivity contribution in [2.24, 2.45) is 0 Å².